The smallest absolute Gasteiger partial charge is 0.183 e. The Morgan fingerprint density at radius 1 is 1.25 bits per heavy atom. The van der Waals surface area contributed by atoms with Gasteiger partial charge in [0.2, 0.25) is 0 Å². The maximum atomic E-state index is 11.2. The van der Waals surface area contributed by atoms with E-state index in [1.165, 1.54) is 37.8 Å². The van der Waals surface area contributed by atoms with Gasteiger partial charge in [0.25, 0.3) is 0 Å². The Kier molecular flexibility index (Phi) is 2.31. The molecular weight excluding hydrogens is 200 g/mol. The minimum Gasteiger partial charge on any atom is -0.343 e. The third-order valence-corrected chi connectivity index (χ3v) is 3.55. The van der Waals surface area contributed by atoms with Gasteiger partial charge in [-0.25, -0.2) is 0 Å². The number of nitrogens with zero attached hydrogens (tertiary/aromatic N) is 1. The first-order chi connectivity index (χ1) is 7.83. The molecule has 3 nitrogen and oxygen atoms in total. The van der Waals surface area contributed by atoms with Gasteiger partial charge in [-0.2, -0.15) is 0 Å². The van der Waals surface area contributed by atoms with E-state index in [2.05, 4.69) is 11.2 Å². The quantitative estimate of drug-likeness (QED) is 0.781. The van der Waals surface area contributed by atoms with Crippen LogP contribution in [0.3, 0.4) is 0 Å². The van der Waals surface area contributed by atoms with Crippen LogP contribution >= 0.6 is 0 Å². The van der Waals surface area contributed by atoms with E-state index in [4.69, 9.17) is 0 Å². The van der Waals surface area contributed by atoms with Crippen molar-refractivity contribution in [1.29, 1.82) is 0 Å². The Balaban J connectivity index is 2.00. The molecule has 3 heteroatoms. The molecule has 1 fully saturated rings. The molecule has 2 heterocycles. The first-order valence-corrected chi connectivity index (χ1v) is 6.04. The van der Waals surface area contributed by atoms with E-state index in [0.29, 0.717) is 5.92 Å². The van der Waals surface area contributed by atoms with E-state index in [1.807, 2.05) is 10.6 Å². The fraction of sp³-hybridized carbons (Fsp3) is 0.462. The first-order valence-electron chi connectivity index (χ1n) is 6.04. The van der Waals surface area contributed by atoms with Crippen LogP contribution in [0.25, 0.3) is 5.65 Å². The molecule has 0 atom stereocenters. The standard InChI is InChI=1S/C13H16N2O/c16-11-6-7-15-9-12(14-13(15)8-11)10-4-2-1-3-5-10/h6-10,14H,1-5H2. The molecule has 84 valence electrons. The summed E-state index contributed by atoms with van der Waals surface area (Å²) in [7, 11) is 0. The molecule has 0 amide bonds. The van der Waals surface area contributed by atoms with Crippen molar-refractivity contribution in [2.75, 3.05) is 0 Å². The zero-order valence-corrected chi connectivity index (χ0v) is 9.28. The summed E-state index contributed by atoms with van der Waals surface area (Å²) in [5.41, 5.74) is 2.26. The van der Waals surface area contributed by atoms with Crippen LogP contribution in [-0.4, -0.2) is 9.38 Å². The number of rotatable bonds is 1. The highest BCUT2D eigenvalue weighted by atomic mass is 16.1. The minimum atomic E-state index is 0.0667. The Morgan fingerprint density at radius 3 is 2.88 bits per heavy atom. The SMILES string of the molecule is O=c1ccn2cc(C3CCCCC3)[nH]c2c1. The number of hydrogen-bond donors (Lipinski definition) is 1. The second kappa shape index (κ2) is 3.81. The Bertz CT molecular complexity index is 546. The fourth-order valence-electron chi connectivity index (χ4n) is 2.66. The summed E-state index contributed by atoms with van der Waals surface area (Å²) in [6.45, 7) is 0. The van der Waals surface area contributed by atoms with Crippen molar-refractivity contribution in [3.63, 3.8) is 0 Å². The predicted molar refractivity (Wildman–Crippen MR) is 63.8 cm³/mol. The zero-order valence-electron chi connectivity index (χ0n) is 9.28. The molecule has 16 heavy (non-hydrogen) atoms. The zero-order chi connectivity index (χ0) is 11.0. The lowest BCUT2D eigenvalue weighted by atomic mass is 9.87. The van der Waals surface area contributed by atoms with Gasteiger partial charge < -0.3 is 9.38 Å². The second-order valence-electron chi connectivity index (χ2n) is 4.70. The molecule has 0 spiro atoms. The normalized spacial score (nSPS) is 18.0. The summed E-state index contributed by atoms with van der Waals surface area (Å²) in [4.78, 5) is 14.6. The van der Waals surface area contributed by atoms with Crippen LogP contribution in [0.5, 0.6) is 0 Å². The number of imidazole rings is 1. The molecule has 2 aromatic rings. The molecule has 0 saturated heterocycles. The molecular formula is C13H16N2O. The number of pyridine rings is 1. The van der Waals surface area contributed by atoms with Crippen molar-refractivity contribution in [2.45, 2.75) is 38.0 Å². The van der Waals surface area contributed by atoms with Crippen molar-refractivity contribution in [1.82, 2.24) is 9.38 Å². The highest BCUT2D eigenvalue weighted by Crippen LogP contribution is 2.31. The maximum absolute atomic E-state index is 11.2. The molecule has 1 N–H and O–H groups in total. The summed E-state index contributed by atoms with van der Waals surface area (Å²) < 4.78 is 2.01. The van der Waals surface area contributed by atoms with Gasteiger partial charge in [-0.05, 0) is 12.8 Å². The van der Waals surface area contributed by atoms with E-state index >= 15 is 0 Å². The Morgan fingerprint density at radius 2 is 2.06 bits per heavy atom. The van der Waals surface area contributed by atoms with Gasteiger partial charge in [0.1, 0.15) is 5.65 Å². The van der Waals surface area contributed by atoms with E-state index < -0.39 is 0 Å². The molecule has 3 rings (SSSR count). The van der Waals surface area contributed by atoms with Crippen LogP contribution in [0.2, 0.25) is 0 Å². The average Bonchev–Trinajstić information content (AvgIpc) is 2.73. The van der Waals surface area contributed by atoms with Crippen LogP contribution in [0, 0.1) is 0 Å². The van der Waals surface area contributed by atoms with Gasteiger partial charge in [0.05, 0.1) is 0 Å². The van der Waals surface area contributed by atoms with E-state index in [-0.39, 0.29) is 5.43 Å². The summed E-state index contributed by atoms with van der Waals surface area (Å²) in [5.74, 6) is 0.656. The van der Waals surface area contributed by atoms with Gasteiger partial charge in [0.15, 0.2) is 5.43 Å². The van der Waals surface area contributed by atoms with Crippen LogP contribution in [0.4, 0.5) is 0 Å². The van der Waals surface area contributed by atoms with Crippen LogP contribution in [0.1, 0.15) is 43.7 Å². The number of nitrogens with one attached hydrogen (secondary N) is 1. The van der Waals surface area contributed by atoms with Crippen molar-refractivity contribution >= 4 is 5.65 Å². The highest BCUT2D eigenvalue weighted by Gasteiger charge is 2.17. The number of H-pyrrole nitrogens is 1. The van der Waals surface area contributed by atoms with Crippen molar-refractivity contribution in [3.8, 4) is 0 Å². The number of aromatic amines is 1. The molecule has 0 radical (unpaired) electrons. The third kappa shape index (κ3) is 1.66. The number of aromatic nitrogens is 2. The highest BCUT2D eigenvalue weighted by molar-refractivity contribution is 5.40. The topological polar surface area (TPSA) is 37.3 Å². The largest absolute Gasteiger partial charge is 0.343 e. The van der Waals surface area contributed by atoms with Crippen molar-refractivity contribution < 1.29 is 0 Å². The molecule has 2 aromatic heterocycles. The molecule has 1 aliphatic carbocycles. The lowest BCUT2D eigenvalue weighted by molar-refractivity contribution is 0.438. The van der Waals surface area contributed by atoms with Crippen molar-refractivity contribution in [3.05, 3.63) is 40.4 Å². The van der Waals surface area contributed by atoms with Gasteiger partial charge >= 0.3 is 0 Å². The van der Waals surface area contributed by atoms with Crippen molar-refractivity contribution in [2.24, 2.45) is 0 Å². The van der Waals surface area contributed by atoms with Gasteiger partial charge in [0, 0.05) is 36.1 Å². The minimum absolute atomic E-state index is 0.0667. The number of hydrogen-bond acceptors (Lipinski definition) is 1. The van der Waals surface area contributed by atoms with Gasteiger partial charge in [-0.15, -0.1) is 0 Å². The molecule has 0 unspecified atom stereocenters. The molecule has 0 aliphatic heterocycles. The first kappa shape index (κ1) is 9.70. The van der Waals surface area contributed by atoms with Crippen LogP contribution < -0.4 is 5.43 Å². The molecule has 0 bridgehead atoms. The predicted octanol–water partition coefficient (Wildman–Crippen LogP) is 2.68. The van der Waals surface area contributed by atoms with Crippen LogP contribution in [0.15, 0.2) is 29.3 Å². The summed E-state index contributed by atoms with van der Waals surface area (Å²) >= 11 is 0. The lowest BCUT2D eigenvalue weighted by Gasteiger charge is -2.19. The number of fused-ring (bicyclic) bond motifs is 1. The van der Waals surface area contributed by atoms with Gasteiger partial charge in [-0.1, -0.05) is 19.3 Å². The van der Waals surface area contributed by atoms with Crippen LogP contribution in [-0.2, 0) is 0 Å². The summed E-state index contributed by atoms with van der Waals surface area (Å²) in [6, 6.07) is 3.26. The maximum Gasteiger partial charge on any atom is 0.183 e. The molecule has 1 aliphatic rings. The molecule has 1 saturated carbocycles. The summed E-state index contributed by atoms with van der Waals surface area (Å²) in [6.07, 6.45) is 10.5. The monoisotopic (exact) mass is 216 g/mol. The fourth-order valence-corrected chi connectivity index (χ4v) is 2.66. The van der Waals surface area contributed by atoms with E-state index in [0.717, 1.165) is 5.65 Å². The second-order valence-corrected chi connectivity index (χ2v) is 4.70. The molecule has 0 aromatic carbocycles. The Labute approximate surface area is 94.1 Å². The lowest BCUT2D eigenvalue weighted by Crippen LogP contribution is -2.04. The average molecular weight is 216 g/mol. The summed E-state index contributed by atoms with van der Waals surface area (Å²) in [5, 5.41) is 0. The van der Waals surface area contributed by atoms with E-state index in [1.54, 1.807) is 12.1 Å². The Hall–Kier alpha value is -1.51. The van der Waals surface area contributed by atoms with Gasteiger partial charge in [-0.3, -0.25) is 4.79 Å². The third-order valence-electron chi connectivity index (χ3n) is 3.55. The van der Waals surface area contributed by atoms with E-state index in [9.17, 15) is 4.79 Å².